The van der Waals surface area contributed by atoms with Crippen molar-refractivity contribution in [2.24, 2.45) is 0 Å². The molecule has 0 radical (unpaired) electrons. The van der Waals surface area contributed by atoms with E-state index in [2.05, 4.69) is 16.0 Å². The zero-order chi connectivity index (χ0) is 18.1. The summed E-state index contributed by atoms with van der Waals surface area (Å²) in [5.41, 5.74) is 3.81. The number of methoxy groups -OCH3 is 1. The molecule has 0 bridgehead atoms. The predicted octanol–water partition coefficient (Wildman–Crippen LogP) is 3.57. The second-order valence-corrected chi connectivity index (χ2v) is 6.37. The minimum Gasteiger partial charge on any atom is -0.481 e. The molecule has 0 N–H and O–H groups in total. The highest BCUT2D eigenvalue weighted by Crippen LogP contribution is 2.26. The average Bonchev–Trinajstić information content (AvgIpc) is 3.00. The van der Waals surface area contributed by atoms with Gasteiger partial charge in [0.1, 0.15) is 6.10 Å². The van der Waals surface area contributed by atoms with Crippen LogP contribution in [0.15, 0.2) is 48.8 Å². The third kappa shape index (κ3) is 3.06. The second kappa shape index (κ2) is 6.63. The van der Waals surface area contributed by atoms with E-state index < -0.39 is 0 Å². The summed E-state index contributed by atoms with van der Waals surface area (Å²) in [6, 6.07) is 11.8. The van der Waals surface area contributed by atoms with Crippen molar-refractivity contribution in [1.82, 2.24) is 9.97 Å². The van der Waals surface area contributed by atoms with Gasteiger partial charge < -0.3 is 9.47 Å². The number of anilines is 1. The van der Waals surface area contributed by atoms with Gasteiger partial charge in [-0.2, -0.15) is 0 Å². The zero-order valence-electron chi connectivity index (χ0n) is 14.7. The van der Waals surface area contributed by atoms with E-state index in [1.807, 2.05) is 37.3 Å². The number of aromatic nitrogens is 2. The third-order valence-corrected chi connectivity index (χ3v) is 4.45. The summed E-state index contributed by atoms with van der Waals surface area (Å²) >= 11 is 0. The minimum atomic E-state index is -0.293. The number of hydrogen-bond acceptors (Lipinski definition) is 5. The van der Waals surface area contributed by atoms with E-state index in [9.17, 15) is 4.79 Å². The number of fused-ring (bicyclic) bond motifs is 1. The van der Waals surface area contributed by atoms with Crippen molar-refractivity contribution in [1.29, 1.82) is 0 Å². The van der Waals surface area contributed by atoms with Crippen LogP contribution >= 0.6 is 0 Å². The van der Waals surface area contributed by atoms with Crippen molar-refractivity contribution in [3.63, 3.8) is 0 Å². The normalized spacial score (nSPS) is 16.8. The molecule has 4 rings (SSSR count). The van der Waals surface area contributed by atoms with Gasteiger partial charge in [0.25, 0.3) is 0 Å². The zero-order valence-corrected chi connectivity index (χ0v) is 14.7. The van der Waals surface area contributed by atoms with Crippen LogP contribution in [0.5, 0.6) is 5.88 Å². The van der Waals surface area contributed by atoms with Gasteiger partial charge in [-0.25, -0.2) is 9.78 Å². The molecule has 132 valence electrons. The molecule has 1 amide bonds. The monoisotopic (exact) mass is 349 g/mol. The van der Waals surface area contributed by atoms with Gasteiger partial charge in [-0.05, 0) is 36.8 Å². The maximum Gasteiger partial charge on any atom is 0.414 e. The number of carbonyl (C=O) groups excluding carboxylic acids is 1. The first-order chi connectivity index (χ1) is 12.6. The number of rotatable bonds is 4. The van der Waals surface area contributed by atoms with Crippen molar-refractivity contribution in [2.45, 2.75) is 19.4 Å². The van der Waals surface area contributed by atoms with Crippen molar-refractivity contribution < 1.29 is 14.3 Å². The van der Waals surface area contributed by atoms with E-state index in [1.165, 1.54) is 0 Å². The van der Waals surface area contributed by atoms with Crippen LogP contribution in [-0.2, 0) is 11.2 Å². The van der Waals surface area contributed by atoms with Crippen LogP contribution in [0.4, 0.5) is 10.5 Å². The molecular formula is C20H19N3O3. The van der Waals surface area contributed by atoms with Crippen molar-refractivity contribution >= 4 is 22.7 Å². The highest BCUT2D eigenvalue weighted by atomic mass is 16.6. The molecule has 6 nitrogen and oxygen atoms in total. The third-order valence-electron chi connectivity index (χ3n) is 4.45. The molecule has 1 aliphatic heterocycles. The van der Waals surface area contributed by atoms with Gasteiger partial charge >= 0.3 is 6.09 Å². The molecule has 3 heterocycles. The molecule has 26 heavy (non-hydrogen) atoms. The van der Waals surface area contributed by atoms with Crippen LogP contribution in [0.1, 0.15) is 18.1 Å². The second-order valence-electron chi connectivity index (χ2n) is 6.37. The van der Waals surface area contributed by atoms with Crippen LogP contribution < -0.4 is 9.64 Å². The lowest BCUT2D eigenvalue weighted by Gasteiger charge is -2.14. The van der Waals surface area contributed by atoms with Crippen LogP contribution in [-0.4, -0.2) is 35.8 Å². The Kier molecular flexibility index (Phi) is 4.16. The molecule has 1 unspecified atom stereocenters. The minimum absolute atomic E-state index is 0.0799. The number of nitrogens with zero attached hydrogens (tertiary/aromatic N) is 3. The predicted molar refractivity (Wildman–Crippen MR) is 98.6 cm³/mol. The number of carbonyl (C=O) groups is 1. The van der Waals surface area contributed by atoms with Crippen molar-refractivity contribution in [2.75, 3.05) is 18.6 Å². The maximum absolute atomic E-state index is 11.8. The maximum atomic E-state index is 11.8. The summed E-state index contributed by atoms with van der Waals surface area (Å²) in [5.74, 6) is 0.615. The molecule has 0 saturated carbocycles. The highest BCUT2D eigenvalue weighted by Gasteiger charge is 2.29. The summed E-state index contributed by atoms with van der Waals surface area (Å²) in [7, 11) is 1.63. The average molecular weight is 349 g/mol. The lowest BCUT2D eigenvalue weighted by Crippen LogP contribution is -2.23. The first kappa shape index (κ1) is 16.3. The van der Waals surface area contributed by atoms with E-state index in [-0.39, 0.29) is 12.2 Å². The molecule has 2 aromatic heterocycles. The van der Waals surface area contributed by atoms with Crippen molar-refractivity contribution in [3.05, 3.63) is 59.9 Å². The Balaban J connectivity index is 1.59. The Labute approximate surface area is 151 Å². The highest BCUT2D eigenvalue weighted by molar-refractivity contribution is 5.89. The molecule has 0 aliphatic carbocycles. The van der Waals surface area contributed by atoms with E-state index in [0.717, 1.165) is 27.7 Å². The summed E-state index contributed by atoms with van der Waals surface area (Å²) in [5, 5.41) is 0.980. The van der Waals surface area contributed by atoms with Gasteiger partial charge in [0.2, 0.25) is 5.88 Å². The van der Waals surface area contributed by atoms with Crippen LogP contribution in [0.25, 0.3) is 10.9 Å². The summed E-state index contributed by atoms with van der Waals surface area (Å²) < 4.78 is 10.6. The number of hydrogen-bond donors (Lipinski definition) is 0. The Morgan fingerprint density at radius 2 is 2.08 bits per heavy atom. The van der Waals surface area contributed by atoms with Crippen LogP contribution in [0.3, 0.4) is 0 Å². The molecule has 1 atom stereocenters. The number of cyclic esters (lactones) is 1. The number of ether oxygens (including phenoxy) is 2. The Morgan fingerprint density at radius 1 is 1.27 bits per heavy atom. The number of benzene rings is 1. The van der Waals surface area contributed by atoms with E-state index in [0.29, 0.717) is 18.8 Å². The molecule has 1 aliphatic rings. The topological polar surface area (TPSA) is 64.6 Å². The lowest BCUT2D eigenvalue weighted by atomic mass is 10.0. The molecule has 1 saturated heterocycles. The fraction of sp³-hybridized carbons (Fsp3) is 0.250. The summed E-state index contributed by atoms with van der Waals surface area (Å²) in [4.78, 5) is 22.2. The smallest absolute Gasteiger partial charge is 0.414 e. The van der Waals surface area contributed by atoms with Gasteiger partial charge in [0.15, 0.2) is 0 Å². The Bertz CT molecular complexity index is 956. The Morgan fingerprint density at radius 3 is 2.77 bits per heavy atom. The fourth-order valence-corrected chi connectivity index (χ4v) is 3.18. The standard InChI is InChI=1S/C20H19N3O3/c1-13-12-23(20(24)26-13)17-5-3-14(4-6-17)9-15-10-16-11-21-8-7-18(16)22-19(15)25-2/h3-8,10-11,13H,9,12H2,1-2H3. The van der Waals surface area contributed by atoms with Gasteiger partial charge in [0, 0.05) is 35.5 Å². The van der Waals surface area contributed by atoms with E-state index in [1.54, 1.807) is 24.4 Å². The molecular weight excluding hydrogens is 330 g/mol. The summed E-state index contributed by atoms with van der Waals surface area (Å²) in [6.45, 7) is 2.47. The first-order valence-corrected chi connectivity index (χ1v) is 8.49. The first-order valence-electron chi connectivity index (χ1n) is 8.49. The molecule has 3 aromatic rings. The van der Waals surface area contributed by atoms with Gasteiger partial charge in [-0.15, -0.1) is 0 Å². The van der Waals surface area contributed by atoms with E-state index >= 15 is 0 Å². The van der Waals surface area contributed by atoms with Crippen LogP contribution in [0, 0.1) is 0 Å². The van der Waals surface area contributed by atoms with Crippen LogP contribution in [0.2, 0.25) is 0 Å². The van der Waals surface area contributed by atoms with Crippen molar-refractivity contribution in [3.8, 4) is 5.88 Å². The molecule has 1 aromatic carbocycles. The number of pyridine rings is 2. The van der Waals surface area contributed by atoms with Gasteiger partial charge in [0.05, 0.1) is 19.2 Å². The summed E-state index contributed by atoms with van der Waals surface area (Å²) in [6.07, 6.45) is 3.83. The van der Waals surface area contributed by atoms with Gasteiger partial charge in [-0.3, -0.25) is 9.88 Å². The van der Waals surface area contributed by atoms with E-state index in [4.69, 9.17) is 9.47 Å². The lowest BCUT2D eigenvalue weighted by molar-refractivity contribution is 0.150. The quantitative estimate of drug-likeness (QED) is 0.720. The Hall–Kier alpha value is -3.15. The molecule has 0 spiro atoms. The SMILES string of the molecule is COc1nc2ccncc2cc1Cc1ccc(N2CC(C)OC2=O)cc1. The molecule has 6 heteroatoms. The fourth-order valence-electron chi connectivity index (χ4n) is 3.18. The number of amides is 1. The molecule has 1 fully saturated rings. The largest absolute Gasteiger partial charge is 0.481 e. The van der Waals surface area contributed by atoms with Gasteiger partial charge in [-0.1, -0.05) is 12.1 Å².